The van der Waals surface area contributed by atoms with E-state index < -0.39 is 0 Å². The largest absolute Gasteiger partial charge is 0.497 e. The van der Waals surface area contributed by atoms with Crippen molar-refractivity contribution in [2.75, 3.05) is 13.7 Å². The van der Waals surface area contributed by atoms with E-state index in [-0.39, 0.29) is 0 Å². The summed E-state index contributed by atoms with van der Waals surface area (Å²) in [6, 6.07) is 21.2. The second-order valence-electron chi connectivity index (χ2n) is 6.36. The third kappa shape index (κ3) is 3.08. The Morgan fingerprint density at radius 2 is 1.83 bits per heavy atom. The first kappa shape index (κ1) is 15.0. The van der Waals surface area contributed by atoms with Crippen LogP contribution in [0.2, 0.25) is 0 Å². The van der Waals surface area contributed by atoms with Gasteiger partial charge in [0.15, 0.2) is 0 Å². The van der Waals surface area contributed by atoms with Gasteiger partial charge < -0.3 is 9.72 Å². The summed E-state index contributed by atoms with van der Waals surface area (Å²) >= 11 is 0. The summed E-state index contributed by atoms with van der Waals surface area (Å²) in [5.41, 5.74) is 6.58. The lowest BCUT2D eigenvalue weighted by Gasteiger charge is -2.26. The van der Waals surface area contributed by atoms with Gasteiger partial charge in [-0.3, -0.25) is 4.90 Å². The highest BCUT2D eigenvalue weighted by Gasteiger charge is 2.19. The third-order valence-electron chi connectivity index (χ3n) is 4.72. The number of nitrogens with one attached hydrogen (secondary N) is 1. The monoisotopic (exact) mass is 318 g/mol. The Morgan fingerprint density at radius 3 is 2.58 bits per heavy atom. The van der Waals surface area contributed by atoms with E-state index in [4.69, 9.17) is 4.74 Å². The average Bonchev–Trinajstić information content (AvgIpc) is 3.06. The number of hydrogen-bond donors (Lipinski definition) is 1. The second kappa shape index (κ2) is 6.54. The smallest absolute Gasteiger partial charge is 0.118 e. The number of aromatic amines is 1. The molecule has 24 heavy (non-hydrogen) atoms. The van der Waals surface area contributed by atoms with Gasteiger partial charge in [0.2, 0.25) is 0 Å². The predicted octanol–water partition coefficient (Wildman–Crippen LogP) is 4.25. The van der Waals surface area contributed by atoms with Gasteiger partial charge in [0.1, 0.15) is 5.75 Å². The number of ether oxygens (including phenoxy) is 1. The summed E-state index contributed by atoms with van der Waals surface area (Å²) in [6.45, 7) is 3.11. The molecule has 122 valence electrons. The van der Waals surface area contributed by atoms with Crippen LogP contribution in [0.15, 0.2) is 60.7 Å². The summed E-state index contributed by atoms with van der Waals surface area (Å²) in [4.78, 5) is 6.13. The first-order valence-electron chi connectivity index (χ1n) is 8.43. The van der Waals surface area contributed by atoms with Crippen LogP contribution in [-0.4, -0.2) is 23.5 Å². The number of fused-ring (bicyclic) bond motifs is 1. The Hall–Kier alpha value is -2.52. The van der Waals surface area contributed by atoms with Crippen molar-refractivity contribution in [3.63, 3.8) is 0 Å². The molecule has 0 saturated carbocycles. The van der Waals surface area contributed by atoms with E-state index in [1.807, 2.05) is 12.1 Å². The molecule has 1 aliphatic rings. The molecule has 3 aromatic rings. The van der Waals surface area contributed by atoms with Gasteiger partial charge in [-0.2, -0.15) is 0 Å². The van der Waals surface area contributed by atoms with Crippen molar-refractivity contribution in [2.45, 2.75) is 19.5 Å². The van der Waals surface area contributed by atoms with Crippen LogP contribution in [0, 0.1) is 0 Å². The number of nitrogens with zero attached hydrogens (tertiary/aromatic N) is 1. The van der Waals surface area contributed by atoms with E-state index in [1.54, 1.807) is 7.11 Å². The van der Waals surface area contributed by atoms with Gasteiger partial charge in [0.05, 0.1) is 7.11 Å². The minimum Gasteiger partial charge on any atom is -0.497 e. The fourth-order valence-electron chi connectivity index (χ4n) is 3.39. The standard InChI is InChI=1S/C21H22N2O/c1-24-19-9-7-17(8-10-19)20-13-18-11-12-23(15-21(18)22-20)14-16-5-3-2-4-6-16/h2-10,13,22H,11-12,14-15H2,1H3. The molecule has 4 rings (SSSR count). The molecule has 0 fully saturated rings. The molecule has 0 unspecified atom stereocenters. The summed E-state index contributed by atoms with van der Waals surface area (Å²) in [5.74, 6) is 0.893. The summed E-state index contributed by atoms with van der Waals surface area (Å²) in [6.07, 6.45) is 1.11. The van der Waals surface area contributed by atoms with Gasteiger partial charge in [0.25, 0.3) is 0 Å². The Kier molecular flexibility index (Phi) is 4.09. The lowest BCUT2D eigenvalue weighted by atomic mass is 10.1. The molecule has 0 aliphatic carbocycles. The van der Waals surface area contributed by atoms with Crippen LogP contribution in [0.3, 0.4) is 0 Å². The molecule has 1 N–H and O–H groups in total. The maximum absolute atomic E-state index is 5.24. The van der Waals surface area contributed by atoms with Crippen LogP contribution in [-0.2, 0) is 19.5 Å². The molecule has 1 aliphatic heterocycles. The van der Waals surface area contributed by atoms with E-state index in [9.17, 15) is 0 Å². The fourth-order valence-corrected chi connectivity index (χ4v) is 3.39. The number of aromatic nitrogens is 1. The Bertz CT molecular complexity index is 806. The van der Waals surface area contributed by atoms with E-state index >= 15 is 0 Å². The second-order valence-corrected chi connectivity index (χ2v) is 6.36. The van der Waals surface area contributed by atoms with E-state index in [0.717, 1.165) is 31.8 Å². The normalized spacial score (nSPS) is 14.4. The lowest BCUT2D eigenvalue weighted by molar-refractivity contribution is 0.243. The van der Waals surface area contributed by atoms with E-state index in [0.29, 0.717) is 0 Å². The van der Waals surface area contributed by atoms with Gasteiger partial charge in [-0.1, -0.05) is 30.3 Å². The Labute approximate surface area is 142 Å². The molecule has 0 atom stereocenters. The van der Waals surface area contributed by atoms with Crippen LogP contribution in [0.5, 0.6) is 5.75 Å². The van der Waals surface area contributed by atoms with Crippen molar-refractivity contribution in [3.8, 4) is 17.0 Å². The summed E-state index contributed by atoms with van der Waals surface area (Å²) < 4.78 is 5.24. The highest BCUT2D eigenvalue weighted by molar-refractivity contribution is 5.62. The molecule has 1 aromatic heterocycles. The fraction of sp³-hybridized carbons (Fsp3) is 0.238. The van der Waals surface area contributed by atoms with Crippen LogP contribution in [0.4, 0.5) is 0 Å². The zero-order chi connectivity index (χ0) is 16.4. The number of benzene rings is 2. The van der Waals surface area contributed by atoms with Crippen LogP contribution < -0.4 is 4.74 Å². The quantitative estimate of drug-likeness (QED) is 0.779. The Morgan fingerprint density at radius 1 is 1.04 bits per heavy atom. The zero-order valence-electron chi connectivity index (χ0n) is 14.0. The molecular weight excluding hydrogens is 296 g/mol. The highest BCUT2D eigenvalue weighted by Crippen LogP contribution is 2.28. The Balaban J connectivity index is 1.51. The van der Waals surface area contributed by atoms with Gasteiger partial charge in [0, 0.05) is 31.0 Å². The topological polar surface area (TPSA) is 28.3 Å². The highest BCUT2D eigenvalue weighted by atomic mass is 16.5. The van der Waals surface area contributed by atoms with Gasteiger partial charge in [-0.05, 0) is 53.4 Å². The van der Waals surface area contributed by atoms with Crippen molar-refractivity contribution in [2.24, 2.45) is 0 Å². The molecule has 3 heteroatoms. The van der Waals surface area contributed by atoms with Crippen molar-refractivity contribution in [3.05, 3.63) is 77.5 Å². The molecular formula is C21H22N2O. The minimum atomic E-state index is 0.893. The molecule has 0 saturated heterocycles. The molecule has 3 nitrogen and oxygen atoms in total. The van der Waals surface area contributed by atoms with Crippen LogP contribution >= 0.6 is 0 Å². The maximum atomic E-state index is 5.24. The van der Waals surface area contributed by atoms with Gasteiger partial charge in [-0.25, -0.2) is 0 Å². The molecule has 0 amide bonds. The molecule has 2 aromatic carbocycles. The maximum Gasteiger partial charge on any atom is 0.118 e. The summed E-state index contributed by atoms with van der Waals surface area (Å²) in [7, 11) is 1.70. The van der Waals surface area contributed by atoms with Gasteiger partial charge in [-0.15, -0.1) is 0 Å². The molecule has 2 heterocycles. The van der Waals surface area contributed by atoms with Crippen molar-refractivity contribution in [1.29, 1.82) is 0 Å². The zero-order valence-corrected chi connectivity index (χ0v) is 14.0. The number of rotatable bonds is 4. The van der Waals surface area contributed by atoms with Gasteiger partial charge >= 0.3 is 0 Å². The first-order chi connectivity index (χ1) is 11.8. The van der Waals surface area contributed by atoms with E-state index in [2.05, 4.69) is 58.4 Å². The first-order valence-corrected chi connectivity index (χ1v) is 8.43. The van der Waals surface area contributed by atoms with Crippen molar-refractivity contribution >= 4 is 0 Å². The summed E-state index contributed by atoms with van der Waals surface area (Å²) in [5, 5.41) is 0. The molecule has 0 bridgehead atoms. The molecule has 0 spiro atoms. The molecule has 0 radical (unpaired) electrons. The van der Waals surface area contributed by atoms with Crippen molar-refractivity contribution < 1.29 is 4.74 Å². The predicted molar refractivity (Wildman–Crippen MR) is 97.0 cm³/mol. The number of methoxy groups -OCH3 is 1. The van der Waals surface area contributed by atoms with Crippen molar-refractivity contribution in [1.82, 2.24) is 9.88 Å². The van der Waals surface area contributed by atoms with Crippen LogP contribution in [0.1, 0.15) is 16.8 Å². The SMILES string of the molecule is COc1ccc(-c2cc3c([nH]2)CN(Cc2ccccc2)CC3)cc1. The number of H-pyrrole nitrogens is 1. The minimum absolute atomic E-state index is 0.893. The average molecular weight is 318 g/mol. The third-order valence-corrected chi connectivity index (χ3v) is 4.72. The van der Waals surface area contributed by atoms with E-state index in [1.165, 1.54) is 28.1 Å². The van der Waals surface area contributed by atoms with Crippen LogP contribution in [0.25, 0.3) is 11.3 Å². The number of hydrogen-bond acceptors (Lipinski definition) is 2. The lowest BCUT2D eigenvalue weighted by Crippen LogP contribution is -2.29.